The summed E-state index contributed by atoms with van der Waals surface area (Å²) in [5.74, 6) is -0.511. The molecular weight excluding hydrogens is 448 g/mol. The van der Waals surface area contributed by atoms with Gasteiger partial charge in [0.1, 0.15) is 0 Å². The zero-order chi connectivity index (χ0) is 23.9. The van der Waals surface area contributed by atoms with Crippen molar-refractivity contribution in [2.24, 2.45) is 4.99 Å². The zero-order valence-corrected chi connectivity index (χ0v) is 20.0. The Balaban J connectivity index is 1.70. The molecule has 0 saturated carbocycles. The van der Waals surface area contributed by atoms with E-state index in [9.17, 15) is 9.59 Å². The van der Waals surface area contributed by atoms with Crippen LogP contribution in [0.3, 0.4) is 0 Å². The molecule has 0 fully saturated rings. The smallest absolute Gasteiger partial charge is 0.338 e. The number of rotatable bonds is 8. The summed E-state index contributed by atoms with van der Waals surface area (Å²) in [5.41, 5.74) is 4.42. The van der Waals surface area contributed by atoms with E-state index in [2.05, 4.69) is 11.4 Å². The average Bonchev–Trinajstić information content (AvgIpc) is 3.03. The van der Waals surface area contributed by atoms with Gasteiger partial charge < -0.3 is 14.8 Å². The molecular formula is C27H26N2O4S. The fourth-order valence-electron chi connectivity index (χ4n) is 3.56. The molecule has 0 aliphatic carbocycles. The third-order valence-corrected chi connectivity index (χ3v) is 6.36. The van der Waals surface area contributed by atoms with Gasteiger partial charge in [0.05, 0.1) is 30.2 Å². The molecule has 4 rings (SSSR count). The van der Waals surface area contributed by atoms with Crippen LogP contribution in [-0.2, 0) is 9.47 Å². The van der Waals surface area contributed by atoms with Crippen molar-refractivity contribution in [3.63, 3.8) is 0 Å². The number of hydrogen-bond acceptors (Lipinski definition) is 6. The van der Waals surface area contributed by atoms with Crippen LogP contribution in [-0.4, -0.2) is 44.0 Å². The summed E-state index contributed by atoms with van der Waals surface area (Å²) in [5, 5.41) is 2.88. The van der Waals surface area contributed by atoms with Gasteiger partial charge in [0, 0.05) is 39.6 Å². The van der Waals surface area contributed by atoms with Crippen LogP contribution in [0.4, 0.5) is 5.69 Å². The maximum absolute atomic E-state index is 12.6. The third kappa shape index (κ3) is 5.38. The number of ether oxygens (including phenoxy) is 2. The van der Waals surface area contributed by atoms with Crippen molar-refractivity contribution in [3.05, 3.63) is 89.0 Å². The van der Waals surface area contributed by atoms with Gasteiger partial charge in [0.15, 0.2) is 0 Å². The Hall–Kier alpha value is -3.42. The topological polar surface area (TPSA) is 77.0 Å². The molecule has 34 heavy (non-hydrogen) atoms. The van der Waals surface area contributed by atoms with E-state index in [0.717, 1.165) is 32.3 Å². The Morgan fingerprint density at radius 1 is 0.912 bits per heavy atom. The minimum Gasteiger partial charge on any atom is -0.462 e. The van der Waals surface area contributed by atoms with Gasteiger partial charge in [-0.2, -0.15) is 0 Å². The Morgan fingerprint density at radius 2 is 1.68 bits per heavy atom. The summed E-state index contributed by atoms with van der Waals surface area (Å²) in [6.07, 6.45) is 0. The molecule has 1 aliphatic heterocycles. The molecule has 1 N–H and O–H groups in total. The van der Waals surface area contributed by atoms with Gasteiger partial charge in [0.25, 0.3) is 5.91 Å². The Bertz CT molecular complexity index is 1220. The highest BCUT2D eigenvalue weighted by molar-refractivity contribution is 7.99. The van der Waals surface area contributed by atoms with E-state index < -0.39 is 0 Å². The van der Waals surface area contributed by atoms with Gasteiger partial charge in [-0.25, -0.2) is 9.79 Å². The highest BCUT2D eigenvalue weighted by Crippen LogP contribution is 2.41. The van der Waals surface area contributed by atoms with Crippen molar-refractivity contribution in [3.8, 4) is 0 Å². The molecule has 0 aromatic heterocycles. The fourth-order valence-corrected chi connectivity index (χ4v) is 4.57. The molecule has 0 atom stereocenters. The number of carbonyl (C=O) groups is 2. The second kappa shape index (κ2) is 11.1. The largest absolute Gasteiger partial charge is 0.462 e. The van der Waals surface area contributed by atoms with Gasteiger partial charge in [-0.05, 0) is 50.2 Å². The third-order valence-electron chi connectivity index (χ3n) is 5.22. The van der Waals surface area contributed by atoms with Crippen LogP contribution in [0, 0.1) is 0 Å². The lowest BCUT2D eigenvalue weighted by Gasteiger charge is -2.10. The summed E-state index contributed by atoms with van der Waals surface area (Å²) < 4.78 is 10.4. The van der Waals surface area contributed by atoms with E-state index in [4.69, 9.17) is 14.5 Å². The zero-order valence-electron chi connectivity index (χ0n) is 19.2. The van der Waals surface area contributed by atoms with Crippen LogP contribution in [0.25, 0.3) is 0 Å². The van der Waals surface area contributed by atoms with Crippen LogP contribution in [0.5, 0.6) is 0 Å². The molecule has 6 nitrogen and oxygen atoms in total. The first-order valence-corrected chi connectivity index (χ1v) is 12.1. The van der Waals surface area contributed by atoms with Crippen molar-refractivity contribution in [1.29, 1.82) is 0 Å². The molecule has 0 radical (unpaired) electrons. The van der Waals surface area contributed by atoms with E-state index in [1.165, 1.54) is 0 Å². The maximum Gasteiger partial charge on any atom is 0.338 e. The highest BCUT2D eigenvalue weighted by Gasteiger charge is 2.20. The average molecular weight is 475 g/mol. The number of nitrogens with zero attached hydrogens (tertiary/aromatic N) is 1. The van der Waals surface area contributed by atoms with E-state index in [0.29, 0.717) is 37.5 Å². The van der Waals surface area contributed by atoms with E-state index in [1.54, 1.807) is 30.8 Å². The lowest BCUT2D eigenvalue weighted by atomic mass is 10.0. The second-order valence-corrected chi connectivity index (χ2v) is 8.58. The highest BCUT2D eigenvalue weighted by atomic mass is 32.2. The minimum atomic E-state index is -0.349. The van der Waals surface area contributed by atoms with Crippen LogP contribution < -0.4 is 5.32 Å². The number of amides is 1. The van der Waals surface area contributed by atoms with Crippen molar-refractivity contribution in [2.45, 2.75) is 23.6 Å². The molecule has 0 bridgehead atoms. The van der Waals surface area contributed by atoms with Gasteiger partial charge in [-0.1, -0.05) is 42.1 Å². The van der Waals surface area contributed by atoms with Crippen LogP contribution in [0.15, 0.2) is 81.5 Å². The van der Waals surface area contributed by atoms with Gasteiger partial charge in [-0.15, -0.1) is 0 Å². The molecule has 1 amide bonds. The van der Waals surface area contributed by atoms with Crippen molar-refractivity contribution in [1.82, 2.24) is 5.32 Å². The first-order valence-electron chi connectivity index (χ1n) is 11.2. The molecule has 3 aromatic carbocycles. The standard InChI is InChI=1S/C27H26N2O4S/c1-3-32-16-15-28-26(30)20-13-14-24-22(17-20)29-25(21-7-5-6-8-23(21)34-24)18-9-11-19(12-10-18)27(31)33-4-2/h5-14,17H,3-4,15-16H2,1-2H3,(H,28,30). The van der Waals surface area contributed by atoms with Gasteiger partial charge in [-0.3, -0.25) is 4.79 Å². The second-order valence-electron chi connectivity index (χ2n) is 7.49. The summed E-state index contributed by atoms with van der Waals surface area (Å²) in [6.45, 7) is 5.57. The first-order chi connectivity index (χ1) is 16.6. The molecule has 0 saturated heterocycles. The predicted octanol–water partition coefficient (Wildman–Crippen LogP) is 5.26. The normalized spacial score (nSPS) is 12.1. The minimum absolute atomic E-state index is 0.162. The van der Waals surface area contributed by atoms with E-state index >= 15 is 0 Å². The summed E-state index contributed by atoms with van der Waals surface area (Å²) >= 11 is 1.62. The Morgan fingerprint density at radius 3 is 2.44 bits per heavy atom. The first kappa shape index (κ1) is 23.7. The lowest BCUT2D eigenvalue weighted by molar-refractivity contribution is 0.0526. The number of esters is 1. The number of benzene rings is 3. The quantitative estimate of drug-likeness (QED) is 0.278. The predicted molar refractivity (Wildman–Crippen MR) is 134 cm³/mol. The number of nitrogens with one attached hydrogen (secondary N) is 1. The Labute approximate surface area is 203 Å². The van der Waals surface area contributed by atoms with Crippen LogP contribution >= 0.6 is 11.8 Å². The molecule has 1 aliphatic rings. The van der Waals surface area contributed by atoms with Crippen molar-refractivity contribution >= 4 is 35.0 Å². The summed E-state index contributed by atoms with van der Waals surface area (Å²) in [7, 11) is 0. The molecule has 3 aromatic rings. The number of aliphatic imine (C=N–C) groups is 1. The van der Waals surface area contributed by atoms with Gasteiger partial charge >= 0.3 is 5.97 Å². The lowest BCUT2D eigenvalue weighted by Crippen LogP contribution is -2.27. The molecule has 0 spiro atoms. The van der Waals surface area contributed by atoms with E-state index in [1.807, 2.05) is 55.5 Å². The number of fused-ring (bicyclic) bond motifs is 2. The molecule has 7 heteroatoms. The summed E-state index contributed by atoms with van der Waals surface area (Å²) in [4.78, 5) is 31.7. The van der Waals surface area contributed by atoms with Crippen molar-refractivity contribution < 1.29 is 19.1 Å². The molecule has 1 heterocycles. The van der Waals surface area contributed by atoms with Crippen LogP contribution in [0.2, 0.25) is 0 Å². The van der Waals surface area contributed by atoms with E-state index in [-0.39, 0.29) is 11.9 Å². The maximum atomic E-state index is 12.6. The van der Waals surface area contributed by atoms with Crippen LogP contribution in [0.1, 0.15) is 45.7 Å². The molecule has 0 unspecified atom stereocenters. The number of hydrogen-bond donors (Lipinski definition) is 1. The summed E-state index contributed by atoms with van der Waals surface area (Å²) in [6, 6.07) is 20.9. The number of carbonyl (C=O) groups excluding carboxylic acids is 2. The van der Waals surface area contributed by atoms with Crippen molar-refractivity contribution in [2.75, 3.05) is 26.4 Å². The molecule has 174 valence electrons. The fraction of sp³-hybridized carbons (Fsp3) is 0.222. The SMILES string of the molecule is CCOCCNC(=O)c1ccc2c(c1)N=C(c1ccc(C(=O)OCC)cc1)c1ccccc1S2. The van der Waals surface area contributed by atoms with Gasteiger partial charge in [0.2, 0.25) is 0 Å². The monoisotopic (exact) mass is 474 g/mol. The Kier molecular flexibility index (Phi) is 7.77.